The minimum atomic E-state index is -0.0338. The number of anilines is 1. The number of nitrogens with zero attached hydrogens (tertiary/aromatic N) is 2. The molecule has 0 aliphatic heterocycles. The molecule has 0 spiro atoms. The molecule has 1 aliphatic carbocycles. The average Bonchev–Trinajstić information content (AvgIpc) is 2.92. The Hall–Kier alpha value is -1.16. The van der Waals surface area contributed by atoms with Crippen LogP contribution in [0.25, 0.3) is 0 Å². The summed E-state index contributed by atoms with van der Waals surface area (Å²) < 4.78 is 5.56. The van der Waals surface area contributed by atoms with Gasteiger partial charge in [0.2, 0.25) is 0 Å². The summed E-state index contributed by atoms with van der Waals surface area (Å²) in [6.45, 7) is 4.28. The Morgan fingerprint density at radius 3 is 2.47 bits per heavy atom. The Bertz CT molecular complexity index is 414. The Balaban J connectivity index is 2.34. The van der Waals surface area contributed by atoms with Crippen LogP contribution in [0.3, 0.4) is 0 Å². The fourth-order valence-electron chi connectivity index (χ4n) is 2.85. The molecular weight excluding hydrogens is 238 g/mol. The molecule has 1 fully saturated rings. The van der Waals surface area contributed by atoms with Crippen LogP contribution in [0.4, 0.5) is 5.82 Å². The third kappa shape index (κ3) is 3.24. The van der Waals surface area contributed by atoms with E-state index < -0.39 is 0 Å². The van der Waals surface area contributed by atoms with Gasteiger partial charge in [0.1, 0.15) is 11.9 Å². The number of methoxy groups -OCH3 is 1. The Kier molecular flexibility index (Phi) is 4.75. The standard InChI is InChI=1S/C15H25N3O/c1-10(2)14(19-4)15-17-12(9-13(16-3)18-15)11-7-5-6-8-11/h9-11,14H,5-8H2,1-4H3,(H,16,17,18). The van der Waals surface area contributed by atoms with Gasteiger partial charge in [-0.25, -0.2) is 9.97 Å². The maximum atomic E-state index is 5.56. The highest BCUT2D eigenvalue weighted by atomic mass is 16.5. The van der Waals surface area contributed by atoms with Crippen molar-refractivity contribution in [1.29, 1.82) is 0 Å². The third-order valence-electron chi connectivity index (χ3n) is 3.91. The molecule has 1 aliphatic rings. The van der Waals surface area contributed by atoms with Crippen LogP contribution >= 0.6 is 0 Å². The molecule has 1 atom stereocenters. The van der Waals surface area contributed by atoms with Gasteiger partial charge in [0.05, 0.1) is 0 Å². The molecule has 1 aromatic rings. The largest absolute Gasteiger partial charge is 0.373 e. The second-order valence-corrected chi connectivity index (χ2v) is 5.67. The molecule has 106 valence electrons. The molecule has 1 unspecified atom stereocenters. The van der Waals surface area contributed by atoms with Crippen LogP contribution in [-0.4, -0.2) is 24.1 Å². The predicted octanol–water partition coefficient (Wildman–Crippen LogP) is 3.52. The molecule has 4 heteroatoms. The summed E-state index contributed by atoms with van der Waals surface area (Å²) in [5.41, 5.74) is 1.18. The second-order valence-electron chi connectivity index (χ2n) is 5.67. The summed E-state index contributed by atoms with van der Waals surface area (Å²) in [6, 6.07) is 2.09. The van der Waals surface area contributed by atoms with Crippen molar-refractivity contribution in [1.82, 2.24) is 9.97 Å². The molecule has 0 bridgehead atoms. The SMILES string of the molecule is CNc1cc(C2CCCC2)nc(C(OC)C(C)C)n1. The maximum Gasteiger partial charge on any atom is 0.159 e. The van der Waals surface area contributed by atoms with Crippen LogP contribution in [0, 0.1) is 5.92 Å². The zero-order valence-corrected chi connectivity index (χ0v) is 12.4. The van der Waals surface area contributed by atoms with Gasteiger partial charge in [-0.2, -0.15) is 0 Å². The van der Waals surface area contributed by atoms with Crippen molar-refractivity contribution in [2.75, 3.05) is 19.5 Å². The van der Waals surface area contributed by atoms with Crippen molar-refractivity contribution < 1.29 is 4.74 Å². The summed E-state index contributed by atoms with van der Waals surface area (Å²) in [7, 11) is 3.64. The number of rotatable bonds is 5. The number of ether oxygens (including phenoxy) is 1. The van der Waals surface area contributed by atoms with Gasteiger partial charge >= 0.3 is 0 Å². The van der Waals surface area contributed by atoms with Crippen LogP contribution in [0.1, 0.15) is 63.1 Å². The third-order valence-corrected chi connectivity index (χ3v) is 3.91. The van der Waals surface area contributed by atoms with E-state index in [4.69, 9.17) is 9.72 Å². The molecule has 1 saturated carbocycles. The fraction of sp³-hybridized carbons (Fsp3) is 0.733. The smallest absolute Gasteiger partial charge is 0.159 e. The number of hydrogen-bond donors (Lipinski definition) is 1. The molecule has 4 nitrogen and oxygen atoms in total. The molecule has 19 heavy (non-hydrogen) atoms. The summed E-state index contributed by atoms with van der Waals surface area (Å²) >= 11 is 0. The van der Waals surface area contributed by atoms with Crippen LogP contribution in [0.5, 0.6) is 0 Å². The maximum absolute atomic E-state index is 5.56. The van der Waals surface area contributed by atoms with E-state index in [2.05, 4.69) is 30.2 Å². The monoisotopic (exact) mass is 263 g/mol. The first-order valence-electron chi connectivity index (χ1n) is 7.25. The van der Waals surface area contributed by atoms with E-state index in [1.807, 2.05) is 7.05 Å². The average molecular weight is 263 g/mol. The van der Waals surface area contributed by atoms with E-state index in [0.29, 0.717) is 11.8 Å². The van der Waals surface area contributed by atoms with Gasteiger partial charge in [0, 0.05) is 31.8 Å². The van der Waals surface area contributed by atoms with Crippen LogP contribution in [-0.2, 0) is 4.74 Å². The van der Waals surface area contributed by atoms with E-state index in [9.17, 15) is 0 Å². The highest BCUT2D eigenvalue weighted by Crippen LogP contribution is 2.34. The van der Waals surface area contributed by atoms with Crippen molar-refractivity contribution in [3.63, 3.8) is 0 Å². The van der Waals surface area contributed by atoms with Gasteiger partial charge < -0.3 is 10.1 Å². The van der Waals surface area contributed by atoms with Crippen LogP contribution < -0.4 is 5.32 Å². The molecule has 0 aromatic carbocycles. The Labute approximate surface area is 116 Å². The van der Waals surface area contributed by atoms with Crippen molar-refractivity contribution >= 4 is 5.82 Å². The highest BCUT2D eigenvalue weighted by Gasteiger charge is 2.23. The first-order chi connectivity index (χ1) is 9.15. The molecule has 1 aromatic heterocycles. The van der Waals surface area contributed by atoms with Crippen molar-refractivity contribution in [2.45, 2.75) is 51.6 Å². The van der Waals surface area contributed by atoms with Gasteiger partial charge in [-0.15, -0.1) is 0 Å². The van der Waals surface area contributed by atoms with Gasteiger partial charge in [0.15, 0.2) is 5.82 Å². The first kappa shape index (κ1) is 14.3. The van der Waals surface area contributed by atoms with E-state index in [1.165, 1.54) is 31.4 Å². The van der Waals surface area contributed by atoms with Crippen LogP contribution in [0.2, 0.25) is 0 Å². The summed E-state index contributed by atoms with van der Waals surface area (Å²) in [5.74, 6) is 2.67. The normalized spacial score (nSPS) is 17.9. The lowest BCUT2D eigenvalue weighted by Crippen LogP contribution is -2.15. The lowest BCUT2D eigenvalue weighted by Gasteiger charge is -2.20. The van der Waals surface area contributed by atoms with Crippen molar-refractivity contribution in [3.05, 3.63) is 17.6 Å². The quantitative estimate of drug-likeness (QED) is 0.883. The zero-order chi connectivity index (χ0) is 13.8. The number of aromatic nitrogens is 2. The molecule has 1 heterocycles. The molecule has 1 N–H and O–H groups in total. The molecular formula is C15H25N3O. The molecule has 0 radical (unpaired) electrons. The number of hydrogen-bond acceptors (Lipinski definition) is 4. The fourth-order valence-corrected chi connectivity index (χ4v) is 2.85. The minimum absolute atomic E-state index is 0.0338. The lowest BCUT2D eigenvalue weighted by atomic mass is 10.0. The summed E-state index contributed by atoms with van der Waals surface area (Å²) in [4.78, 5) is 9.35. The topological polar surface area (TPSA) is 47.0 Å². The molecule has 0 saturated heterocycles. The summed E-state index contributed by atoms with van der Waals surface area (Å²) in [5, 5.41) is 3.14. The Morgan fingerprint density at radius 2 is 1.95 bits per heavy atom. The summed E-state index contributed by atoms with van der Waals surface area (Å²) in [6.07, 6.45) is 5.10. The number of nitrogens with one attached hydrogen (secondary N) is 1. The highest BCUT2D eigenvalue weighted by molar-refractivity contribution is 5.37. The Morgan fingerprint density at radius 1 is 1.26 bits per heavy atom. The molecule has 0 amide bonds. The first-order valence-corrected chi connectivity index (χ1v) is 7.25. The van der Waals surface area contributed by atoms with Gasteiger partial charge in [0.25, 0.3) is 0 Å². The van der Waals surface area contributed by atoms with Gasteiger partial charge in [-0.05, 0) is 18.8 Å². The van der Waals surface area contributed by atoms with E-state index in [-0.39, 0.29) is 6.10 Å². The van der Waals surface area contributed by atoms with Crippen LogP contribution in [0.15, 0.2) is 6.07 Å². The lowest BCUT2D eigenvalue weighted by molar-refractivity contribution is 0.0573. The minimum Gasteiger partial charge on any atom is -0.373 e. The zero-order valence-electron chi connectivity index (χ0n) is 12.4. The molecule has 2 rings (SSSR count). The van der Waals surface area contributed by atoms with E-state index in [1.54, 1.807) is 7.11 Å². The van der Waals surface area contributed by atoms with Crippen molar-refractivity contribution in [3.8, 4) is 0 Å². The van der Waals surface area contributed by atoms with E-state index in [0.717, 1.165) is 11.6 Å². The van der Waals surface area contributed by atoms with E-state index >= 15 is 0 Å². The van der Waals surface area contributed by atoms with Gasteiger partial charge in [-0.3, -0.25) is 0 Å². The van der Waals surface area contributed by atoms with Crippen molar-refractivity contribution in [2.24, 2.45) is 5.92 Å². The predicted molar refractivity (Wildman–Crippen MR) is 77.4 cm³/mol. The van der Waals surface area contributed by atoms with Gasteiger partial charge in [-0.1, -0.05) is 26.7 Å². The second kappa shape index (κ2) is 6.33.